The number of anilines is 1. The molecule has 2 aliphatic rings. The predicted octanol–water partition coefficient (Wildman–Crippen LogP) is 2.08. The summed E-state index contributed by atoms with van der Waals surface area (Å²) in [5, 5.41) is 23.8. The van der Waals surface area contributed by atoms with E-state index in [4.69, 9.17) is 31.3 Å². The van der Waals surface area contributed by atoms with E-state index in [2.05, 4.69) is 40.9 Å². The number of aromatic nitrogens is 4. The minimum Gasteiger partial charge on any atom is -0.483 e. The molecule has 0 saturated carbocycles. The number of carbonyl (C=O) groups is 3. The average Bonchev–Trinajstić information content (AvgIpc) is 3.66. The van der Waals surface area contributed by atoms with Crippen LogP contribution >= 0.6 is 11.6 Å². The molecule has 2 fully saturated rings. The van der Waals surface area contributed by atoms with Gasteiger partial charge in [0, 0.05) is 48.2 Å². The van der Waals surface area contributed by atoms with E-state index in [1.165, 1.54) is 24.3 Å². The molecule has 2 amide bonds. The zero-order chi connectivity index (χ0) is 36.0. The van der Waals surface area contributed by atoms with Crippen LogP contribution in [-0.2, 0) is 30.4 Å². The van der Waals surface area contributed by atoms with Crippen molar-refractivity contribution < 1.29 is 33.7 Å². The van der Waals surface area contributed by atoms with Gasteiger partial charge in [-0.15, -0.1) is 0 Å². The fraction of sp³-hybridized carbons (Fsp3) is 0.548. The van der Waals surface area contributed by atoms with Gasteiger partial charge in [-0.1, -0.05) is 16.7 Å². The van der Waals surface area contributed by atoms with Crippen LogP contribution in [0.3, 0.4) is 0 Å². The van der Waals surface area contributed by atoms with E-state index in [-0.39, 0.29) is 37.6 Å². The van der Waals surface area contributed by atoms with Gasteiger partial charge in [0.1, 0.15) is 35.9 Å². The van der Waals surface area contributed by atoms with E-state index in [0.29, 0.717) is 59.2 Å². The standard InChI is InChI=1S/C31H40ClN11O7/c1-31(2,3)50-22(45)13-35-19-7-9-42(10-8-19)21(44)14-48-20-6-5-18(32)11-17(20)12-36-27-24-28(38-15-37-27)43(16-39-24)30-25(46)23(40-41-33)26(49-30)29(47)34-4/h5-6,11,15-16,19,23,25-26,30,35,46H,7-10,12-14H2,1-4H3,(H,34,47)(H,36,37,38)/t23-,25+,26-,30+/m0/s1. The zero-order valence-electron chi connectivity index (χ0n) is 28.1. The van der Waals surface area contributed by atoms with Gasteiger partial charge >= 0.3 is 5.97 Å². The van der Waals surface area contributed by atoms with Crippen molar-refractivity contribution in [2.75, 3.05) is 38.6 Å². The molecule has 3 aromatic rings. The summed E-state index contributed by atoms with van der Waals surface area (Å²) in [5.74, 6) is -0.229. The van der Waals surface area contributed by atoms with Crippen LogP contribution in [0.5, 0.6) is 5.75 Å². The van der Waals surface area contributed by atoms with Crippen molar-refractivity contribution in [2.45, 2.75) is 76.3 Å². The first-order valence-corrected chi connectivity index (χ1v) is 16.4. The number of amides is 2. The zero-order valence-corrected chi connectivity index (χ0v) is 28.8. The summed E-state index contributed by atoms with van der Waals surface area (Å²) in [4.78, 5) is 54.9. The summed E-state index contributed by atoms with van der Waals surface area (Å²) in [6.45, 7) is 6.66. The van der Waals surface area contributed by atoms with Gasteiger partial charge in [-0.3, -0.25) is 19.0 Å². The number of hydrogen-bond donors (Lipinski definition) is 4. The van der Waals surface area contributed by atoms with E-state index in [1.807, 2.05) is 20.8 Å². The van der Waals surface area contributed by atoms with Crippen LogP contribution < -0.4 is 20.7 Å². The molecule has 0 radical (unpaired) electrons. The molecule has 4 atom stereocenters. The van der Waals surface area contributed by atoms with Crippen molar-refractivity contribution >= 4 is 46.4 Å². The number of nitrogens with zero attached hydrogens (tertiary/aromatic N) is 8. The number of likely N-dealkylation sites (tertiary alicyclic amines) is 1. The van der Waals surface area contributed by atoms with Crippen LogP contribution in [0.15, 0.2) is 36.0 Å². The van der Waals surface area contributed by atoms with Crippen molar-refractivity contribution in [1.29, 1.82) is 0 Å². The maximum Gasteiger partial charge on any atom is 0.320 e. The first-order valence-electron chi connectivity index (χ1n) is 16.0. The smallest absolute Gasteiger partial charge is 0.320 e. The number of hydrogen-bond acceptors (Lipinski definition) is 13. The lowest BCUT2D eigenvalue weighted by atomic mass is 10.1. The number of halogens is 1. The van der Waals surface area contributed by atoms with Gasteiger partial charge < -0.3 is 40.2 Å². The second-order valence-corrected chi connectivity index (χ2v) is 13.2. The molecule has 0 bridgehead atoms. The molecule has 18 nitrogen and oxygen atoms in total. The first kappa shape index (κ1) is 36.5. The highest BCUT2D eigenvalue weighted by Crippen LogP contribution is 2.34. The first-order chi connectivity index (χ1) is 23.9. The molecule has 2 aliphatic heterocycles. The van der Waals surface area contributed by atoms with Gasteiger partial charge in [-0.25, -0.2) is 15.0 Å². The molecule has 0 aliphatic carbocycles. The molecule has 2 aromatic heterocycles. The van der Waals surface area contributed by atoms with Gasteiger partial charge in [0.15, 0.2) is 29.8 Å². The van der Waals surface area contributed by atoms with E-state index < -0.39 is 36.0 Å². The van der Waals surface area contributed by atoms with E-state index >= 15 is 0 Å². The van der Waals surface area contributed by atoms with Gasteiger partial charge in [-0.05, 0) is 57.3 Å². The largest absolute Gasteiger partial charge is 0.483 e. The Morgan fingerprint density at radius 2 is 1.96 bits per heavy atom. The number of aliphatic hydroxyl groups excluding tert-OH is 1. The Morgan fingerprint density at radius 3 is 2.66 bits per heavy atom. The third kappa shape index (κ3) is 8.70. The van der Waals surface area contributed by atoms with Gasteiger partial charge in [0.05, 0.1) is 12.9 Å². The van der Waals surface area contributed by atoms with Crippen LogP contribution in [-0.4, -0.2) is 110 Å². The SMILES string of the molecule is CNC(=O)[C@H]1O[C@@H](n2cnc3c(NCc4cc(Cl)ccc4OCC(=O)N4CCC(NCC(=O)OC(C)(C)C)CC4)ncnc32)[C@H](O)[C@@H]1N=[N+]=[N-]. The molecule has 0 spiro atoms. The van der Waals surface area contributed by atoms with Gasteiger partial charge in [0.25, 0.3) is 5.91 Å². The van der Waals surface area contributed by atoms with Gasteiger partial charge in [-0.2, -0.15) is 0 Å². The summed E-state index contributed by atoms with van der Waals surface area (Å²) < 4.78 is 18.5. The summed E-state index contributed by atoms with van der Waals surface area (Å²) in [7, 11) is 1.41. The third-order valence-corrected chi connectivity index (χ3v) is 8.42. The van der Waals surface area contributed by atoms with Crippen LogP contribution in [0.4, 0.5) is 5.82 Å². The highest BCUT2D eigenvalue weighted by molar-refractivity contribution is 6.30. The van der Waals surface area contributed by atoms with E-state index in [1.54, 1.807) is 23.1 Å². The number of esters is 1. The number of nitrogens with one attached hydrogen (secondary N) is 3. The van der Waals surface area contributed by atoms with Crippen LogP contribution in [0.1, 0.15) is 45.4 Å². The van der Waals surface area contributed by atoms with Crippen molar-refractivity contribution in [1.82, 2.24) is 35.1 Å². The molecule has 1 aromatic carbocycles. The van der Waals surface area contributed by atoms with Crippen LogP contribution in [0, 0.1) is 0 Å². The highest BCUT2D eigenvalue weighted by atomic mass is 35.5. The Hall–Kier alpha value is -4.74. The predicted molar refractivity (Wildman–Crippen MR) is 180 cm³/mol. The summed E-state index contributed by atoms with van der Waals surface area (Å²) >= 11 is 6.31. The van der Waals surface area contributed by atoms with Crippen LogP contribution in [0.2, 0.25) is 5.02 Å². The number of rotatable bonds is 12. The summed E-state index contributed by atoms with van der Waals surface area (Å²) in [6, 6.07) is 4.00. The number of piperidine rings is 1. The molecule has 19 heteroatoms. The maximum atomic E-state index is 13.0. The summed E-state index contributed by atoms with van der Waals surface area (Å²) in [5.41, 5.74) is 9.72. The Morgan fingerprint density at radius 1 is 1.20 bits per heavy atom. The number of likely N-dealkylation sites (N-methyl/N-ethyl adjacent to an activating group) is 1. The Kier molecular flexibility index (Phi) is 11.6. The Balaban J connectivity index is 1.19. The number of azide groups is 1. The molecule has 50 heavy (non-hydrogen) atoms. The lowest BCUT2D eigenvalue weighted by Crippen LogP contribution is -2.47. The number of ether oxygens (including phenoxy) is 3. The quantitative estimate of drug-likeness (QED) is 0.0915. The normalized spacial score (nSPS) is 21.0. The molecule has 0 unspecified atom stereocenters. The molecular weight excluding hydrogens is 674 g/mol. The molecule has 5 rings (SSSR count). The second kappa shape index (κ2) is 15.9. The molecule has 2 saturated heterocycles. The molecule has 4 heterocycles. The molecule has 4 N–H and O–H groups in total. The molecule has 268 valence electrons. The van der Waals surface area contributed by atoms with Crippen molar-refractivity contribution in [3.63, 3.8) is 0 Å². The second-order valence-electron chi connectivity index (χ2n) is 12.8. The third-order valence-electron chi connectivity index (χ3n) is 8.18. The Labute approximate surface area is 292 Å². The minimum absolute atomic E-state index is 0.103. The van der Waals surface area contributed by atoms with Gasteiger partial charge in [0.2, 0.25) is 5.91 Å². The van der Waals surface area contributed by atoms with E-state index in [9.17, 15) is 19.5 Å². The monoisotopic (exact) mass is 713 g/mol. The van der Waals surface area contributed by atoms with Crippen molar-refractivity contribution in [2.24, 2.45) is 5.11 Å². The number of fused-ring (bicyclic) bond motifs is 1. The topological polar surface area (TPSA) is 231 Å². The lowest BCUT2D eigenvalue weighted by Gasteiger charge is -2.32. The highest BCUT2D eigenvalue weighted by Gasteiger charge is 2.48. The van der Waals surface area contributed by atoms with Crippen molar-refractivity contribution in [3.05, 3.63) is 51.9 Å². The number of imidazole rings is 1. The van der Waals surface area contributed by atoms with Crippen molar-refractivity contribution in [3.8, 4) is 5.75 Å². The summed E-state index contributed by atoms with van der Waals surface area (Å²) in [6.07, 6.45) is 0.377. The molecular formula is C31H40ClN11O7. The van der Waals surface area contributed by atoms with Crippen LogP contribution in [0.25, 0.3) is 21.6 Å². The fourth-order valence-corrected chi connectivity index (χ4v) is 5.97. The Bertz CT molecular complexity index is 1750. The fourth-order valence-electron chi connectivity index (χ4n) is 5.78. The lowest BCUT2D eigenvalue weighted by molar-refractivity contribution is -0.154. The average molecular weight is 714 g/mol. The maximum absolute atomic E-state index is 13.0. The number of benzene rings is 1. The van der Waals surface area contributed by atoms with E-state index in [0.717, 1.165) is 0 Å². The number of aliphatic hydroxyl groups is 1. The number of carbonyl (C=O) groups excluding carboxylic acids is 3. The minimum atomic E-state index is -1.36.